The number of nitrogens with zero attached hydrogens (tertiary/aromatic N) is 2. The van der Waals surface area contributed by atoms with Crippen LogP contribution in [0, 0.1) is 0 Å². The summed E-state index contributed by atoms with van der Waals surface area (Å²) in [6.45, 7) is -0.786. The summed E-state index contributed by atoms with van der Waals surface area (Å²) >= 11 is 0. The van der Waals surface area contributed by atoms with Crippen LogP contribution in [0.15, 0.2) is 126 Å². The predicted octanol–water partition coefficient (Wildman–Crippen LogP) is 2.83. The topological polar surface area (TPSA) is 415 Å². The lowest BCUT2D eigenvalue weighted by molar-refractivity contribution is -0.137. The maximum atomic E-state index is 14.0. The van der Waals surface area contributed by atoms with Gasteiger partial charge in [0.2, 0.25) is 0 Å². The number of carbonyl (C=O) groups excluding carboxylic acids is 1. The van der Waals surface area contributed by atoms with E-state index in [2.05, 4.69) is 10.3 Å². The van der Waals surface area contributed by atoms with E-state index in [4.69, 9.17) is 34.8 Å². The Kier molecular flexibility index (Phi) is 18.1. The number of benzene rings is 5. The van der Waals surface area contributed by atoms with Crippen LogP contribution in [0.2, 0.25) is 0 Å². The number of carboxylic acid groups (broad SMARTS) is 1. The Morgan fingerprint density at radius 1 is 0.671 bits per heavy atom. The van der Waals surface area contributed by atoms with Crippen LogP contribution in [0.1, 0.15) is 34.3 Å². The summed E-state index contributed by atoms with van der Waals surface area (Å²) in [4.78, 5) is 27.8. The Morgan fingerprint density at radius 3 is 1.80 bits per heavy atom. The molecule has 1 heterocycles. The molecule has 6 rings (SSSR count). The first-order chi connectivity index (χ1) is 32.4. The van der Waals surface area contributed by atoms with Gasteiger partial charge < -0.3 is 19.7 Å². The number of nitrogens with one attached hydrogen (secondary N) is 1. The summed E-state index contributed by atoms with van der Waals surface area (Å²) in [6.07, 6.45) is -0.153. The molecule has 4 aromatic carbocycles. The van der Waals surface area contributed by atoms with Crippen molar-refractivity contribution in [3.8, 4) is 22.5 Å². The number of rotatable bonds is 15. The van der Waals surface area contributed by atoms with E-state index < -0.39 is 122 Å². The van der Waals surface area contributed by atoms with Crippen LogP contribution in [0.25, 0.3) is 33.4 Å². The first-order valence-corrected chi connectivity index (χ1v) is 26.7. The lowest BCUT2D eigenvalue weighted by Crippen LogP contribution is -2.28. The van der Waals surface area contributed by atoms with Gasteiger partial charge in [-0.15, -0.1) is 25.3 Å². The van der Waals surface area contributed by atoms with Crippen molar-refractivity contribution >= 4 is 90.2 Å². The summed E-state index contributed by atoms with van der Waals surface area (Å²) in [5.74, 6) is -2.41. The van der Waals surface area contributed by atoms with Gasteiger partial charge in [0.1, 0.15) is 0 Å². The van der Waals surface area contributed by atoms with Gasteiger partial charge in [0.05, 0.1) is 27.4 Å². The summed E-state index contributed by atoms with van der Waals surface area (Å²) in [5.41, 5.74) is -0.912. The second-order valence-electron chi connectivity index (χ2n) is 14.1. The molecule has 0 bridgehead atoms. The lowest BCUT2D eigenvalue weighted by Gasteiger charge is -2.23. The zero-order chi connectivity index (χ0) is 52.5. The number of carbonyl (C=O) groups is 2. The van der Waals surface area contributed by atoms with Crippen molar-refractivity contribution in [2.45, 2.75) is 45.5 Å². The van der Waals surface area contributed by atoms with E-state index in [9.17, 15) is 61.5 Å². The number of amides is 1. The van der Waals surface area contributed by atoms with Gasteiger partial charge in [-0.25, -0.2) is 0 Å². The van der Waals surface area contributed by atoms with Crippen LogP contribution in [0.3, 0.4) is 0 Å². The minimum absolute atomic E-state index is 0.00401. The van der Waals surface area contributed by atoms with Crippen molar-refractivity contribution < 1.29 is 96.2 Å². The van der Waals surface area contributed by atoms with Crippen LogP contribution in [0.4, 0.5) is 5.69 Å². The van der Waals surface area contributed by atoms with E-state index in [-0.39, 0.29) is 59.1 Å². The highest BCUT2D eigenvalue weighted by Crippen LogP contribution is 2.46. The lowest BCUT2D eigenvalue weighted by atomic mass is 9.90. The average molecular weight is 1090 g/mol. The van der Waals surface area contributed by atoms with Crippen LogP contribution < -0.4 is 10.7 Å². The molecule has 0 aromatic heterocycles. The zero-order valence-electron chi connectivity index (χ0n) is 35.3. The Hall–Kier alpha value is -6.81. The van der Waals surface area contributed by atoms with Crippen molar-refractivity contribution in [3.63, 3.8) is 0 Å². The molecule has 0 unspecified atom stereocenters. The van der Waals surface area contributed by atoms with E-state index in [1.54, 1.807) is 0 Å². The highest BCUT2D eigenvalue weighted by atomic mass is 32.2. The summed E-state index contributed by atoms with van der Waals surface area (Å²) in [5, 5.41) is 11.3. The van der Waals surface area contributed by atoms with Crippen LogP contribution in [0.5, 0.6) is 0 Å². The molecule has 0 atom stereocenters. The smallest absolute Gasteiger partial charge is 0.425 e. The first-order valence-electron chi connectivity index (χ1n) is 18.9. The molecule has 31 heteroatoms. The summed E-state index contributed by atoms with van der Waals surface area (Å²) < 4.78 is 198. The second kappa shape index (κ2) is 22.7. The van der Waals surface area contributed by atoms with E-state index in [0.29, 0.717) is 5.56 Å². The fourth-order valence-corrected chi connectivity index (χ4v) is 9.50. The van der Waals surface area contributed by atoms with Gasteiger partial charge in [-0.3, -0.25) is 32.8 Å². The van der Waals surface area contributed by atoms with Gasteiger partial charge in [0.25, 0.3) is 46.4 Å². The molecule has 4 aromatic rings. The average Bonchev–Trinajstić information content (AvgIpc) is 3.24. The Morgan fingerprint density at radius 2 is 1.24 bits per heavy atom. The first kappa shape index (κ1) is 55.8. The molecular weight excluding hydrogens is 1050 g/mol. The molecule has 1 amide bonds. The standard InChI is InChI=1S/C39H35N3O16S4.2O3S/c1-42(20-6-11-33(43)44)39(45)27-9-4-3-8-26(27)34-28-16-18-30(40-21-23-12-14-25(15-13-23)59(46,47)48)37(61(52,53)54)35(28)58-36-29(34)17-19-31(38(36)62(55,56)57)41-22-24-7-2-5-10-32(24)60(49,50)51;2*1-4(2)3/h2-5,7-10,12-19,41H,6,11,20-22H2,1H3,(H,43,44)(H,46,47,48)(H,49,50,51)(H,52,53,54)(H,55,56,57);;. The molecular formula is C39H35N3O22S6. The van der Waals surface area contributed by atoms with Gasteiger partial charge in [-0.05, 0) is 71.6 Å². The third-order valence-corrected chi connectivity index (χ3v) is 13.1. The van der Waals surface area contributed by atoms with Crippen molar-refractivity contribution in [1.82, 2.24) is 4.90 Å². The molecule has 0 spiro atoms. The quantitative estimate of drug-likeness (QED) is 0.0636. The Labute approximate surface area is 400 Å². The minimum Gasteiger partial charge on any atom is -0.481 e. The maximum absolute atomic E-state index is 14.0. The van der Waals surface area contributed by atoms with Crippen LogP contribution in [-0.4, -0.2) is 113 Å². The van der Waals surface area contributed by atoms with E-state index in [1.807, 2.05) is 0 Å². The normalized spacial score (nSPS) is 12.0. The van der Waals surface area contributed by atoms with Gasteiger partial charge in [-0.2, -0.15) is 33.7 Å². The van der Waals surface area contributed by atoms with Crippen LogP contribution >= 0.6 is 0 Å². The van der Waals surface area contributed by atoms with E-state index >= 15 is 0 Å². The van der Waals surface area contributed by atoms with Crippen LogP contribution in [-0.2, 0) is 79.6 Å². The van der Waals surface area contributed by atoms with Crippen molar-refractivity contribution in [2.75, 3.05) is 18.9 Å². The largest absolute Gasteiger partial charge is 0.481 e. The molecule has 0 fully saturated rings. The number of fused-ring (bicyclic) bond motifs is 2. The summed E-state index contributed by atoms with van der Waals surface area (Å²) in [6, 6.07) is 20.8. The van der Waals surface area contributed by atoms with Gasteiger partial charge in [-0.1, -0.05) is 48.5 Å². The number of carboxylic acids is 1. The summed E-state index contributed by atoms with van der Waals surface area (Å²) in [7, 11) is -24.9. The number of hydrogen-bond acceptors (Lipinski definition) is 19. The molecule has 374 valence electrons. The number of aliphatic carboxylic acids is 1. The third kappa shape index (κ3) is 14.6. The van der Waals surface area contributed by atoms with Gasteiger partial charge in [0, 0.05) is 48.6 Å². The van der Waals surface area contributed by atoms with Gasteiger partial charge >= 0.3 is 27.2 Å². The molecule has 1 aliphatic heterocycles. The number of anilines is 1. The fourth-order valence-electron chi connectivity index (χ4n) is 6.72. The zero-order valence-corrected chi connectivity index (χ0v) is 40.2. The van der Waals surface area contributed by atoms with Gasteiger partial charge in [0.15, 0.2) is 21.1 Å². The van der Waals surface area contributed by atoms with Crippen molar-refractivity contribution in [2.24, 2.45) is 4.99 Å². The SMILES string of the molecule is CN(CCCC(=O)O)C(=O)c1ccccc1-c1c2ccc(=NCc3ccc(S(=O)(=O)O)cc3)c(S(=O)(=O)O)c-2oc2c(S(=O)(=O)O)c(NCc3ccccc3S(=O)(=O)O)ccc12.O=S(=O)=O.O=S(=O)=O. The third-order valence-electron chi connectivity index (χ3n) is 9.49. The molecule has 0 saturated heterocycles. The minimum atomic E-state index is -5.39. The molecule has 0 saturated carbocycles. The Bertz CT molecular complexity index is 3710. The van der Waals surface area contributed by atoms with E-state index in [1.165, 1.54) is 90.8 Å². The predicted molar refractivity (Wildman–Crippen MR) is 240 cm³/mol. The molecule has 25 nitrogen and oxygen atoms in total. The van der Waals surface area contributed by atoms with E-state index in [0.717, 1.165) is 18.2 Å². The van der Waals surface area contributed by atoms with Crippen molar-refractivity contribution in [3.05, 3.63) is 119 Å². The fraction of sp³-hybridized carbons (Fsp3) is 0.154. The highest BCUT2D eigenvalue weighted by molar-refractivity contribution is 7.86. The monoisotopic (exact) mass is 1090 g/mol. The molecule has 1 aliphatic carbocycles. The highest BCUT2D eigenvalue weighted by Gasteiger charge is 2.33. The van der Waals surface area contributed by atoms with Crippen molar-refractivity contribution in [1.29, 1.82) is 0 Å². The maximum Gasteiger partial charge on any atom is 0.425 e. The number of hydrogen-bond donors (Lipinski definition) is 6. The second-order valence-corrected chi connectivity index (χ2v) is 20.4. The molecule has 6 N–H and O–H groups in total. The molecule has 70 heavy (non-hydrogen) atoms. The molecule has 0 radical (unpaired) electrons. The molecule has 2 aliphatic rings. The Balaban J connectivity index is 0.00000124.